The summed E-state index contributed by atoms with van der Waals surface area (Å²) in [6.45, 7) is 3.07. The smallest absolute Gasteiger partial charge is 0.251 e. The Bertz CT molecular complexity index is 980. The summed E-state index contributed by atoms with van der Waals surface area (Å²) >= 11 is 1.83. The lowest BCUT2D eigenvalue weighted by atomic mass is 9.89. The summed E-state index contributed by atoms with van der Waals surface area (Å²) in [5, 5.41) is 3.88. The van der Waals surface area contributed by atoms with Gasteiger partial charge in [0, 0.05) is 31.1 Å². The van der Waals surface area contributed by atoms with E-state index in [9.17, 15) is 4.79 Å². The Labute approximate surface area is 163 Å². The van der Waals surface area contributed by atoms with Crippen LogP contribution in [0.2, 0.25) is 0 Å². The second kappa shape index (κ2) is 7.27. The quantitative estimate of drug-likeness (QED) is 0.748. The molecule has 2 heterocycles. The fraction of sp³-hybridized carbons (Fsp3) is 0.381. The molecule has 1 amide bonds. The van der Waals surface area contributed by atoms with Crippen molar-refractivity contribution < 1.29 is 4.79 Å². The molecule has 140 valence electrons. The predicted molar refractivity (Wildman–Crippen MR) is 111 cm³/mol. The molecule has 0 fully saturated rings. The zero-order valence-electron chi connectivity index (χ0n) is 16.0. The molecule has 1 N–H and O–H groups in total. The molecule has 1 aliphatic rings. The molecular formula is C21H24N4OS. The molecule has 1 aliphatic carbocycles. The van der Waals surface area contributed by atoms with Crippen molar-refractivity contribution in [3.63, 3.8) is 0 Å². The zero-order valence-corrected chi connectivity index (χ0v) is 16.8. The molecule has 0 saturated carbocycles. The Kier molecular flexibility index (Phi) is 4.83. The molecule has 5 nitrogen and oxygen atoms in total. The molecule has 2 aromatic heterocycles. The highest BCUT2D eigenvalue weighted by Gasteiger charge is 2.24. The summed E-state index contributed by atoms with van der Waals surface area (Å²) in [4.78, 5) is 25.6. The van der Waals surface area contributed by atoms with Crippen LogP contribution >= 0.6 is 11.3 Å². The Hall–Kier alpha value is -2.47. The monoisotopic (exact) mass is 380 g/mol. The van der Waals surface area contributed by atoms with Gasteiger partial charge in [0.05, 0.1) is 5.39 Å². The summed E-state index contributed by atoms with van der Waals surface area (Å²) in [7, 11) is 3.72. The number of nitrogens with zero attached hydrogens (tertiary/aromatic N) is 3. The van der Waals surface area contributed by atoms with Crippen molar-refractivity contribution in [2.24, 2.45) is 5.92 Å². The lowest BCUT2D eigenvalue weighted by molar-refractivity contribution is 0.0963. The highest BCUT2D eigenvalue weighted by atomic mass is 32.1. The first kappa shape index (κ1) is 17.9. The molecule has 0 saturated heterocycles. The van der Waals surface area contributed by atoms with Crippen LogP contribution in [0.15, 0.2) is 30.6 Å². The number of anilines is 1. The minimum atomic E-state index is -0.0634. The van der Waals surface area contributed by atoms with Gasteiger partial charge in [-0.2, -0.15) is 0 Å². The SMILES string of the molecule is CNC(=O)c1ccc(CN(C)c2ncnc3sc4c(c23)CCC(C)C4)cc1. The van der Waals surface area contributed by atoms with E-state index in [1.807, 2.05) is 35.6 Å². The van der Waals surface area contributed by atoms with Crippen molar-refractivity contribution in [3.8, 4) is 0 Å². The molecule has 4 rings (SSSR count). The van der Waals surface area contributed by atoms with Crippen LogP contribution in [0, 0.1) is 5.92 Å². The van der Waals surface area contributed by atoms with E-state index in [-0.39, 0.29) is 5.91 Å². The first-order valence-electron chi connectivity index (χ1n) is 9.34. The minimum absolute atomic E-state index is 0.0634. The molecule has 0 radical (unpaired) electrons. The van der Waals surface area contributed by atoms with Gasteiger partial charge in [-0.25, -0.2) is 9.97 Å². The average molecular weight is 381 g/mol. The van der Waals surface area contributed by atoms with Crippen molar-refractivity contribution in [3.05, 3.63) is 52.2 Å². The van der Waals surface area contributed by atoms with Gasteiger partial charge >= 0.3 is 0 Å². The Morgan fingerprint density at radius 3 is 2.81 bits per heavy atom. The zero-order chi connectivity index (χ0) is 19.0. The number of carbonyl (C=O) groups is 1. The van der Waals surface area contributed by atoms with Crippen molar-refractivity contribution in [2.75, 3.05) is 19.0 Å². The number of benzene rings is 1. The Morgan fingerprint density at radius 1 is 1.30 bits per heavy atom. The summed E-state index contributed by atoms with van der Waals surface area (Å²) < 4.78 is 0. The number of hydrogen-bond donors (Lipinski definition) is 1. The molecule has 6 heteroatoms. The Morgan fingerprint density at radius 2 is 2.07 bits per heavy atom. The van der Waals surface area contributed by atoms with Crippen molar-refractivity contribution >= 4 is 33.3 Å². The summed E-state index contributed by atoms with van der Waals surface area (Å²) in [5.41, 5.74) is 3.27. The number of hydrogen-bond acceptors (Lipinski definition) is 5. The van der Waals surface area contributed by atoms with Gasteiger partial charge in [-0.3, -0.25) is 4.79 Å². The maximum absolute atomic E-state index is 11.7. The molecule has 1 unspecified atom stereocenters. The highest BCUT2D eigenvalue weighted by Crippen LogP contribution is 2.40. The summed E-state index contributed by atoms with van der Waals surface area (Å²) in [5.74, 6) is 1.69. The summed E-state index contributed by atoms with van der Waals surface area (Å²) in [6.07, 6.45) is 5.18. The van der Waals surface area contributed by atoms with Crippen LogP contribution in [0.3, 0.4) is 0 Å². The first-order chi connectivity index (χ1) is 13.1. The normalized spacial score (nSPS) is 16.2. The third-order valence-corrected chi connectivity index (χ3v) is 6.46. The van der Waals surface area contributed by atoms with Gasteiger partial charge in [-0.15, -0.1) is 11.3 Å². The van der Waals surface area contributed by atoms with Gasteiger partial charge in [0.1, 0.15) is 17.0 Å². The predicted octanol–water partition coefficient (Wildman–Crippen LogP) is 3.81. The average Bonchev–Trinajstić information content (AvgIpc) is 3.05. The lowest BCUT2D eigenvalue weighted by Gasteiger charge is -2.22. The molecule has 0 aliphatic heterocycles. The molecule has 0 spiro atoms. The second-order valence-electron chi connectivity index (χ2n) is 7.36. The van der Waals surface area contributed by atoms with Gasteiger partial charge < -0.3 is 10.2 Å². The van der Waals surface area contributed by atoms with Crippen LogP contribution in [0.25, 0.3) is 10.2 Å². The van der Waals surface area contributed by atoms with Gasteiger partial charge in [-0.05, 0) is 48.4 Å². The van der Waals surface area contributed by atoms with Crippen LogP contribution in [0.4, 0.5) is 5.82 Å². The molecule has 0 bridgehead atoms. The van der Waals surface area contributed by atoms with E-state index in [4.69, 9.17) is 0 Å². The van der Waals surface area contributed by atoms with Crippen molar-refractivity contribution in [1.82, 2.24) is 15.3 Å². The number of aromatic nitrogens is 2. The van der Waals surface area contributed by atoms with Crippen LogP contribution in [0.1, 0.15) is 39.7 Å². The fourth-order valence-corrected chi connectivity index (χ4v) is 5.15. The molecule has 1 aromatic carbocycles. The van der Waals surface area contributed by atoms with E-state index < -0.39 is 0 Å². The van der Waals surface area contributed by atoms with Crippen LogP contribution in [0.5, 0.6) is 0 Å². The largest absolute Gasteiger partial charge is 0.355 e. The van der Waals surface area contributed by atoms with E-state index in [1.165, 1.54) is 22.2 Å². The number of carbonyl (C=O) groups excluding carboxylic acids is 1. The van der Waals surface area contributed by atoms with Gasteiger partial charge in [0.2, 0.25) is 0 Å². The van der Waals surface area contributed by atoms with E-state index in [2.05, 4.69) is 34.2 Å². The summed E-state index contributed by atoms with van der Waals surface area (Å²) in [6, 6.07) is 7.74. The van der Waals surface area contributed by atoms with Gasteiger partial charge in [-0.1, -0.05) is 19.1 Å². The number of thiophene rings is 1. The number of rotatable bonds is 4. The molecule has 1 atom stereocenters. The third kappa shape index (κ3) is 3.41. The van der Waals surface area contributed by atoms with Gasteiger partial charge in [0.15, 0.2) is 0 Å². The molecular weight excluding hydrogens is 356 g/mol. The van der Waals surface area contributed by atoms with Crippen LogP contribution in [-0.4, -0.2) is 30.0 Å². The third-order valence-electron chi connectivity index (χ3n) is 5.30. The van der Waals surface area contributed by atoms with E-state index >= 15 is 0 Å². The number of aryl methyl sites for hydroxylation is 1. The maximum atomic E-state index is 11.7. The fourth-order valence-electron chi connectivity index (χ4n) is 3.80. The highest BCUT2D eigenvalue weighted by molar-refractivity contribution is 7.19. The van der Waals surface area contributed by atoms with Crippen molar-refractivity contribution in [1.29, 1.82) is 0 Å². The van der Waals surface area contributed by atoms with E-state index in [0.29, 0.717) is 5.56 Å². The first-order valence-corrected chi connectivity index (χ1v) is 10.2. The molecule has 27 heavy (non-hydrogen) atoms. The minimum Gasteiger partial charge on any atom is -0.355 e. The number of fused-ring (bicyclic) bond motifs is 3. The molecule has 3 aromatic rings. The number of nitrogens with one attached hydrogen (secondary N) is 1. The second-order valence-corrected chi connectivity index (χ2v) is 8.44. The Balaban J connectivity index is 1.63. The standard InChI is InChI=1S/C21H24N4OS/c1-13-4-9-16-17(10-13)27-21-18(16)19(23-12-24-21)25(3)11-14-5-7-15(8-6-14)20(26)22-2/h5-8,12-13H,4,9-11H2,1-3H3,(H,22,26). The van der Waals surface area contributed by atoms with Gasteiger partial charge in [0.25, 0.3) is 5.91 Å². The lowest BCUT2D eigenvalue weighted by Crippen LogP contribution is -2.20. The van der Waals surface area contributed by atoms with Crippen molar-refractivity contribution in [2.45, 2.75) is 32.7 Å². The number of amides is 1. The van der Waals surface area contributed by atoms with Crippen LogP contribution < -0.4 is 10.2 Å². The van der Waals surface area contributed by atoms with E-state index in [0.717, 1.165) is 41.5 Å². The van der Waals surface area contributed by atoms with Crippen LogP contribution in [-0.2, 0) is 19.4 Å². The van der Waals surface area contributed by atoms with E-state index in [1.54, 1.807) is 13.4 Å². The maximum Gasteiger partial charge on any atom is 0.251 e. The topological polar surface area (TPSA) is 58.1 Å².